The number of aryl methyl sites for hydroxylation is 1. The summed E-state index contributed by atoms with van der Waals surface area (Å²) in [7, 11) is 0. The Labute approximate surface area is 135 Å². The largest absolute Gasteiger partial charge is 0.393 e. The average molecular weight is 321 g/mol. The van der Waals surface area contributed by atoms with Crippen LogP contribution in [0.2, 0.25) is 0 Å². The molecule has 1 fully saturated rings. The van der Waals surface area contributed by atoms with Crippen molar-refractivity contribution in [3.8, 4) is 0 Å². The van der Waals surface area contributed by atoms with E-state index in [0.29, 0.717) is 12.1 Å². The first-order valence-electron chi connectivity index (χ1n) is 7.91. The SMILES string of the molecule is Cc1ccc([N+](=O)[O-])cc1C(=O)NCCCN1CCC(O)CC1. The summed E-state index contributed by atoms with van der Waals surface area (Å²) in [6.45, 7) is 4.94. The number of rotatable bonds is 6. The number of benzene rings is 1. The molecule has 0 spiro atoms. The summed E-state index contributed by atoms with van der Waals surface area (Å²) in [6, 6.07) is 4.31. The van der Waals surface area contributed by atoms with Gasteiger partial charge in [-0.1, -0.05) is 6.07 Å². The zero-order valence-electron chi connectivity index (χ0n) is 13.3. The molecule has 126 valence electrons. The number of nitrogens with one attached hydrogen (secondary N) is 1. The van der Waals surface area contributed by atoms with Gasteiger partial charge in [-0.15, -0.1) is 0 Å². The predicted octanol–water partition coefficient (Wildman–Crippen LogP) is 1.48. The normalized spacial score (nSPS) is 16.3. The van der Waals surface area contributed by atoms with Crippen molar-refractivity contribution < 1.29 is 14.8 Å². The summed E-state index contributed by atoms with van der Waals surface area (Å²) >= 11 is 0. The fourth-order valence-electron chi connectivity index (χ4n) is 2.71. The summed E-state index contributed by atoms with van der Waals surface area (Å²) in [4.78, 5) is 24.7. The number of aliphatic hydroxyl groups excluding tert-OH is 1. The number of amides is 1. The molecule has 1 aromatic rings. The van der Waals surface area contributed by atoms with E-state index in [1.807, 2.05) is 0 Å². The molecule has 0 bridgehead atoms. The number of hydrogen-bond donors (Lipinski definition) is 2. The number of aliphatic hydroxyl groups is 1. The van der Waals surface area contributed by atoms with Gasteiger partial charge in [0.15, 0.2) is 0 Å². The fourth-order valence-corrected chi connectivity index (χ4v) is 2.71. The Balaban J connectivity index is 1.78. The van der Waals surface area contributed by atoms with Crippen LogP contribution in [0.15, 0.2) is 18.2 Å². The number of carbonyl (C=O) groups is 1. The molecule has 1 saturated heterocycles. The molecule has 0 radical (unpaired) electrons. The number of nitrogens with zero attached hydrogens (tertiary/aromatic N) is 2. The van der Waals surface area contributed by atoms with Crippen LogP contribution < -0.4 is 5.32 Å². The molecule has 0 aliphatic carbocycles. The third-order valence-electron chi connectivity index (χ3n) is 4.17. The van der Waals surface area contributed by atoms with Crippen molar-refractivity contribution in [2.75, 3.05) is 26.2 Å². The van der Waals surface area contributed by atoms with Crippen LogP contribution in [0, 0.1) is 17.0 Å². The lowest BCUT2D eigenvalue weighted by Gasteiger charge is -2.29. The Morgan fingerprint density at radius 2 is 2.13 bits per heavy atom. The second-order valence-electron chi connectivity index (χ2n) is 5.94. The molecule has 2 rings (SSSR count). The van der Waals surface area contributed by atoms with Crippen LogP contribution in [0.25, 0.3) is 0 Å². The highest BCUT2D eigenvalue weighted by molar-refractivity contribution is 5.96. The standard InChI is InChI=1S/C16H23N3O4/c1-12-3-4-13(19(22)23)11-15(12)16(21)17-7-2-8-18-9-5-14(20)6-10-18/h3-4,11,14,20H,2,5-10H2,1H3,(H,17,21). The highest BCUT2D eigenvalue weighted by Gasteiger charge is 2.17. The summed E-state index contributed by atoms with van der Waals surface area (Å²) in [5.41, 5.74) is 0.992. The maximum atomic E-state index is 12.2. The van der Waals surface area contributed by atoms with Crippen LogP contribution in [-0.4, -0.2) is 53.1 Å². The maximum absolute atomic E-state index is 12.2. The lowest BCUT2D eigenvalue weighted by molar-refractivity contribution is -0.384. The minimum absolute atomic E-state index is 0.0763. The third kappa shape index (κ3) is 5.01. The van der Waals surface area contributed by atoms with Gasteiger partial charge in [-0.05, 0) is 38.3 Å². The zero-order valence-corrected chi connectivity index (χ0v) is 13.3. The van der Waals surface area contributed by atoms with Gasteiger partial charge >= 0.3 is 0 Å². The monoisotopic (exact) mass is 321 g/mol. The van der Waals surface area contributed by atoms with Crippen LogP contribution >= 0.6 is 0 Å². The molecule has 0 atom stereocenters. The number of carbonyl (C=O) groups excluding carboxylic acids is 1. The van der Waals surface area contributed by atoms with Crippen LogP contribution in [0.1, 0.15) is 35.2 Å². The molecule has 0 unspecified atom stereocenters. The first-order valence-corrected chi connectivity index (χ1v) is 7.91. The van der Waals surface area contributed by atoms with Gasteiger partial charge in [0.2, 0.25) is 0 Å². The number of nitro groups is 1. The van der Waals surface area contributed by atoms with Crippen molar-refractivity contribution in [1.29, 1.82) is 0 Å². The van der Waals surface area contributed by atoms with E-state index in [0.717, 1.165) is 44.5 Å². The van der Waals surface area contributed by atoms with Crippen molar-refractivity contribution in [1.82, 2.24) is 10.2 Å². The minimum Gasteiger partial charge on any atom is -0.393 e. The van der Waals surface area contributed by atoms with Crippen molar-refractivity contribution in [3.05, 3.63) is 39.4 Å². The van der Waals surface area contributed by atoms with E-state index in [2.05, 4.69) is 10.2 Å². The van der Waals surface area contributed by atoms with Gasteiger partial charge in [-0.25, -0.2) is 0 Å². The maximum Gasteiger partial charge on any atom is 0.270 e. The molecule has 23 heavy (non-hydrogen) atoms. The molecule has 1 amide bonds. The molecule has 1 heterocycles. The lowest BCUT2D eigenvalue weighted by Crippen LogP contribution is -2.37. The molecule has 0 saturated carbocycles. The number of non-ortho nitro benzene ring substituents is 1. The average Bonchev–Trinajstić information content (AvgIpc) is 2.53. The Kier molecular flexibility index (Phi) is 6.06. The van der Waals surface area contributed by atoms with E-state index in [1.54, 1.807) is 13.0 Å². The van der Waals surface area contributed by atoms with Gasteiger partial charge in [-0.2, -0.15) is 0 Å². The number of piperidine rings is 1. The molecular weight excluding hydrogens is 298 g/mol. The number of likely N-dealkylation sites (tertiary alicyclic amines) is 1. The van der Waals surface area contributed by atoms with Crippen LogP contribution in [-0.2, 0) is 0 Å². The molecule has 2 N–H and O–H groups in total. The molecule has 0 aromatic heterocycles. The highest BCUT2D eigenvalue weighted by atomic mass is 16.6. The molecule has 7 nitrogen and oxygen atoms in total. The highest BCUT2D eigenvalue weighted by Crippen LogP contribution is 2.17. The Bertz CT molecular complexity index is 568. The summed E-state index contributed by atoms with van der Waals surface area (Å²) < 4.78 is 0. The van der Waals surface area contributed by atoms with Crippen molar-refractivity contribution in [2.45, 2.75) is 32.3 Å². The third-order valence-corrected chi connectivity index (χ3v) is 4.17. The van der Waals surface area contributed by atoms with E-state index < -0.39 is 4.92 Å². The van der Waals surface area contributed by atoms with Gasteiger partial charge in [0, 0.05) is 37.3 Å². The van der Waals surface area contributed by atoms with Crippen LogP contribution in [0.5, 0.6) is 0 Å². The number of nitro benzene ring substituents is 1. The Hall–Kier alpha value is -1.99. The van der Waals surface area contributed by atoms with Gasteiger partial charge in [-0.3, -0.25) is 14.9 Å². The quantitative estimate of drug-likeness (QED) is 0.470. The smallest absolute Gasteiger partial charge is 0.270 e. The van der Waals surface area contributed by atoms with E-state index >= 15 is 0 Å². The van der Waals surface area contributed by atoms with E-state index in [4.69, 9.17) is 0 Å². The first kappa shape index (κ1) is 17.4. The van der Waals surface area contributed by atoms with Crippen LogP contribution in [0.3, 0.4) is 0 Å². The van der Waals surface area contributed by atoms with Gasteiger partial charge in [0.25, 0.3) is 11.6 Å². The predicted molar refractivity (Wildman–Crippen MR) is 86.5 cm³/mol. The summed E-state index contributed by atoms with van der Waals surface area (Å²) in [5, 5.41) is 23.1. The Morgan fingerprint density at radius 3 is 2.78 bits per heavy atom. The van der Waals surface area contributed by atoms with Gasteiger partial charge in [0.1, 0.15) is 0 Å². The number of hydrogen-bond acceptors (Lipinski definition) is 5. The topological polar surface area (TPSA) is 95.7 Å². The molecule has 1 aliphatic heterocycles. The van der Waals surface area contributed by atoms with E-state index in [1.165, 1.54) is 12.1 Å². The lowest BCUT2D eigenvalue weighted by atomic mass is 10.1. The van der Waals surface area contributed by atoms with Crippen molar-refractivity contribution in [3.63, 3.8) is 0 Å². The van der Waals surface area contributed by atoms with Crippen molar-refractivity contribution >= 4 is 11.6 Å². The van der Waals surface area contributed by atoms with Crippen LogP contribution in [0.4, 0.5) is 5.69 Å². The summed E-state index contributed by atoms with van der Waals surface area (Å²) in [5.74, 6) is -0.278. The van der Waals surface area contributed by atoms with Crippen molar-refractivity contribution in [2.24, 2.45) is 0 Å². The molecule has 7 heteroatoms. The second-order valence-corrected chi connectivity index (χ2v) is 5.94. The first-order chi connectivity index (χ1) is 11.0. The molecule has 1 aromatic carbocycles. The van der Waals surface area contributed by atoms with Gasteiger partial charge < -0.3 is 15.3 Å². The fraction of sp³-hybridized carbons (Fsp3) is 0.562. The minimum atomic E-state index is -0.499. The summed E-state index contributed by atoms with van der Waals surface area (Å²) in [6.07, 6.45) is 2.25. The van der Waals surface area contributed by atoms with E-state index in [9.17, 15) is 20.0 Å². The van der Waals surface area contributed by atoms with Gasteiger partial charge in [0.05, 0.1) is 11.0 Å². The van der Waals surface area contributed by atoms with E-state index in [-0.39, 0.29) is 17.7 Å². The second kappa shape index (κ2) is 8.03. The Morgan fingerprint density at radius 1 is 1.43 bits per heavy atom. The molecular formula is C16H23N3O4. The zero-order chi connectivity index (χ0) is 16.8. The molecule has 1 aliphatic rings.